The standard InChI is InChI=1S/C28H29ClF3N5O2S2/c29-24-12-20(35-41(38,39)22-4-2-1-3-5-22)7-6-19(24)15-36-10-8-27(16-36)9-11-37(17-27)25-23-13-21(14-28(30,31)32)40-26(23)34-18-33-25/h1-2,4,6-7,12-13,18,35H,3,5,8-11,14-17H2. The highest BCUT2D eigenvalue weighted by atomic mass is 35.5. The van der Waals surface area contributed by atoms with Gasteiger partial charge in [0.1, 0.15) is 17.0 Å². The van der Waals surface area contributed by atoms with Crippen molar-refractivity contribution in [2.75, 3.05) is 35.8 Å². The van der Waals surface area contributed by atoms with E-state index < -0.39 is 22.6 Å². The maximum Gasteiger partial charge on any atom is 0.393 e. The van der Waals surface area contributed by atoms with Crippen molar-refractivity contribution in [2.24, 2.45) is 5.41 Å². The minimum atomic E-state index is -4.26. The largest absolute Gasteiger partial charge is 0.393 e. The second kappa shape index (κ2) is 10.9. The van der Waals surface area contributed by atoms with Crippen LogP contribution in [0.15, 0.2) is 53.7 Å². The van der Waals surface area contributed by atoms with E-state index in [0.29, 0.717) is 51.0 Å². The molecule has 1 unspecified atom stereocenters. The molecule has 7 nitrogen and oxygen atoms in total. The Morgan fingerprint density at radius 3 is 2.71 bits per heavy atom. The zero-order valence-electron chi connectivity index (χ0n) is 22.1. The summed E-state index contributed by atoms with van der Waals surface area (Å²) in [5.74, 6) is 0.705. The third-order valence-electron chi connectivity index (χ3n) is 8.01. The molecule has 2 fully saturated rings. The maximum absolute atomic E-state index is 13.0. The van der Waals surface area contributed by atoms with Crippen LogP contribution in [0.3, 0.4) is 0 Å². The lowest BCUT2D eigenvalue weighted by molar-refractivity contribution is -0.126. The molecule has 3 aromatic rings. The van der Waals surface area contributed by atoms with Gasteiger partial charge < -0.3 is 4.90 Å². The van der Waals surface area contributed by atoms with E-state index in [1.165, 1.54) is 6.33 Å². The highest BCUT2D eigenvalue weighted by molar-refractivity contribution is 7.96. The summed E-state index contributed by atoms with van der Waals surface area (Å²) in [6.45, 7) is 3.97. The van der Waals surface area contributed by atoms with Crippen LogP contribution in [0.4, 0.5) is 24.7 Å². The topological polar surface area (TPSA) is 78.4 Å². The van der Waals surface area contributed by atoms with Gasteiger partial charge in [0.05, 0.1) is 22.4 Å². The number of sulfonamides is 1. The van der Waals surface area contributed by atoms with E-state index in [4.69, 9.17) is 11.6 Å². The van der Waals surface area contributed by atoms with Crippen LogP contribution in [-0.2, 0) is 23.0 Å². The summed E-state index contributed by atoms with van der Waals surface area (Å²) < 4.78 is 66.9. The second-order valence-corrected chi connectivity index (χ2v) is 14.3. The minimum Gasteiger partial charge on any atom is -0.355 e. The van der Waals surface area contributed by atoms with Crippen LogP contribution in [0.2, 0.25) is 5.02 Å². The average molecular weight is 624 g/mol. The van der Waals surface area contributed by atoms with Crippen molar-refractivity contribution in [3.63, 3.8) is 0 Å². The van der Waals surface area contributed by atoms with Gasteiger partial charge in [-0.05, 0) is 62.1 Å². The van der Waals surface area contributed by atoms with Crippen LogP contribution in [-0.4, -0.2) is 55.6 Å². The van der Waals surface area contributed by atoms with Gasteiger partial charge in [0.2, 0.25) is 0 Å². The molecule has 1 aromatic carbocycles. The van der Waals surface area contributed by atoms with Crippen LogP contribution in [0, 0.1) is 5.41 Å². The molecule has 0 bridgehead atoms. The van der Waals surface area contributed by atoms with Crippen LogP contribution in [0.25, 0.3) is 10.2 Å². The Bertz CT molecular complexity index is 1640. The minimum absolute atomic E-state index is 0.0618. The lowest BCUT2D eigenvalue weighted by Crippen LogP contribution is -2.31. The summed E-state index contributed by atoms with van der Waals surface area (Å²) in [4.78, 5) is 14.4. The molecule has 1 aliphatic carbocycles. The van der Waals surface area contributed by atoms with E-state index in [9.17, 15) is 21.6 Å². The van der Waals surface area contributed by atoms with Crippen molar-refractivity contribution < 1.29 is 21.6 Å². The van der Waals surface area contributed by atoms with Crippen molar-refractivity contribution in [2.45, 2.75) is 44.8 Å². The first-order chi connectivity index (χ1) is 19.5. The maximum atomic E-state index is 13.0. The van der Waals surface area contributed by atoms with Gasteiger partial charge in [0.25, 0.3) is 10.0 Å². The fourth-order valence-electron chi connectivity index (χ4n) is 6.05. The number of anilines is 2. The molecule has 2 saturated heterocycles. The third-order valence-corrected chi connectivity index (χ3v) is 10.9. The van der Waals surface area contributed by atoms with Crippen molar-refractivity contribution >= 4 is 54.7 Å². The average Bonchev–Trinajstić information content (AvgIpc) is 3.63. The number of rotatable bonds is 7. The quantitative estimate of drug-likeness (QED) is 0.323. The van der Waals surface area contributed by atoms with Gasteiger partial charge in [-0.1, -0.05) is 29.8 Å². The van der Waals surface area contributed by atoms with Crippen molar-refractivity contribution in [1.29, 1.82) is 0 Å². The van der Waals surface area contributed by atoms with E-state index in [1.807, 2.05) is 12.1 Å². The molecule has 1 spiro atoms. The third kappa shape index (κ3) is 6.25. The van der Waals surface area contributed by atoms with Gasteiger partial charge in [-0.3, -0.25) is 9.62 Å². The van der Waals surface area contributed by atoms with Gasteiger partial charge in [-0.2, -0.15) is 13.2 Å². The smallest absolute Gasteiger partial charge is 0.355 e. The van der Waals surface area contributed by atoms with Crippen LogP contribution < -0.4 is 9.62 Å². The molecule has 2 aliphatic heterocycles. The van der Waals surface area contributed by atoms with Gasteiger partial charge in [-0.25, -0.2) is 18.4 Å². The Labute approximate surface area is 245 Å². The van der Waals surface area contributed by atoms with Crippen molar-refractivity contribution in [1.82, 2.24) is 14.9 Å². The highest BCUT2D eigenvalue weighted by Crippen LogP contribution is 2.43. The molecule has 4 heterocycles. The molecule has 218 valence electrons. The lowest BCUT2D eigenvalue weighted by atomic mass is 9.86. The zero-order valence-corrected chi connectivity index (χ0v) is 24.5. The lowest BCUT2D eigenvalue weighted by Gasteiger charge is -2.25. The first kappa shape index (κ1) is 28.4. The molecule has 2 aromatic heterocycles. The number of benzene rings is 1. The highest BCUT2D eigenvalue weighted by Gasteiger charge is 2.44. The molecule has 3 aliphatic rings. The normalized spacial score (nSPS) is 21.8. The summed E-state index contributed by atoms with van der Waals surface area (Å²) in [5.41, 5.74) is 1.42. The number of nitrogens with zero attached hydrogens (tertiary/aromatic N) is 4. The number of fused-ring (bicyclic) bond motifs is 1. The summed E-state index contributed by atoms with van der Waals surface area (Å²) in [7, 11) is -3.62. The van der Waals surface area contributed by atoms with E-state index in [-0.39, 0.29) is 10.3 Å². The van der Waals surface area contributed by atoms with Crippen LogP contribution >= 0.6 is 22.9 Å². The second-order valence-electron chi connectivity index (χ2n) is 11.1. The van der Waals surface area contributed by atoms with Gasteiger partial charge in [0, 0.05) is 41.5 Å². The molecule has 13 heteroatoms. The van der Waals surface area contributed by atoms with Gasteiger partial charge in [0.15, 0.2) is 0 Å². The van der Waals surface area contributed by atoms with Crippen molar-refractivity contribution in [3.8, 4) is 0 Å². The molecule has 1 N–H and O–H groups in total. The van der Waals surface area contributed by atoms with Crippen molar-refractivity contribution in [3.05, 3.63) is 69.2 Å². The fourth-order valence-corrected chi connectivity index (χ4v) is 8.52. The number of thiophene rings is 1. The number of alkyl halides is 3. The Morgan fingerprint density at radius 1 is 1.12 bits per heavy atom. The van der Waals surface area contributed by atoms with E-state index in [2.05, 4.69) is 24.5 Å². The molecule has 6 rings (SSSR count). The number of halogens is 4. The Hall–Kier alpha value is -2.67. The summed E-state index contributed by atoms with van der Waals surface area (Å²) in [6.07, 6.45) is 4.66. The SMILES string of the molecule is O=S(=O)(Nc1ccc(CN2CCC3(CCN(c4ncnc5sc(CC(F)(F)F)cc45)C3)C2)c(Cl)c1)C1=CC=CCC1. The molecule has 41 heavy (non-hydrogen) atoms. The molecule has 1 atom stereocenters. The Balaban J connectivity index is 1.10. The van der Waals surface area contributed by atoms with E-state index >= 15 is 0 Å². The molecule has 0 radical (unpaired) electrons. The monoisotopic (exact) mass is 623 g/mol. The number of aromatic nitrogens is 2. The zero-order chi connectivity index (χ0) is 28.8. The number of likely N-dealkylation sites (tertiary alicyclic amines) is 1. The number of hydrogen-bond acceptors (Lipinski definition) is 7. The molecule has 0 saturated carbocycles. The summed E-state index contributed by atoms with van der Waals surface area (Å²) >= 11 is 7.67. The van der Waals surface area contributed by atoms with Crippen LogP contribution in [0.1, 0.15) is 36.1 Å². The first-order valence-corrected chi connectivity index (χ1v) is 16.1. The first-order valence-electron chi connectivity index (χ1n) is 13.4. The predicted octanol–water partition coefficient (Wildman–Crippen LogP) is 6.53. The van der Waals surface area contributed by atoms with Crippen LogP contribution in [0.5, 0.6) is 0 Å². The number of nitrogens with one attached hydrogen (secondary N) is 1. The number of hydrogen-bond donors (Lipinski definition) is 1. The number of allylic oxidation sites excluding steroid dienone is 4. The Morgan fingerprint density at radius 2 is 1.95 bits per heavy atom. The molecule has 0 amide bonds. The van der Waals surface area contributed by atoms with Gasteiger partial charge in [-0.15, -0.1) is 11.3 Å². The summed E-state index contributed by atoms with van der Waals surface area (Å²) in [6, 6.07) is 6.86. The van der Waals surface area contributed by atoms with E-state index in [0.717, 1.165) is 55.9 Å². The molecular formula is C28H29ClF3N5O2S2. The van der Waals surface area contributed by atoms with Gasteiger partial charge >= 0.3 is 6.18 Å². The molecular weight excluding hydrogens is 595 g/mol. The van der Waals surface area contributed by atoms with E-state index in [1.54, 1.807) is 30.4 Å². The fraction of sp³-hybridized carbons (Fsp3) is 0.429. The predicted molar refractivity (Wildman–Crippen MR) is 157 cm³/mol. The summed E-state index contributed by atoms with van der Waals surface area (Å²) in [5, 5.41) is 1.19. The Kier molecular flexibility index (Phi) is 7.54.